The Balaban J connectivity index is 0.00000121. The van der Waals surface area contributed by atoms with Crippen molar-refractivity contribution in [1.82, 2.24) is 4.90 Å². The first-order chi connectivity index (χ1) is 5.15. The molecule has 0 saturated heterocycles. The molecule has 1 nitrogen and oxygen atoms in total. The summed E-state index contributed by atoms with van der Waals surface area (Å²) in [5.41, 5.74) is 2.78. The van der Waals surface area contributed by atoms with Crippen LogP contribution in [0.3, 0.4) is 0 Å². The van der Waals surface area contributed by atoms with E-state index in [1.165, 1.54) is 11.3 Å². The van der Waals surface area contributed by atoms with Crippen LogP contribution in [0.4, 0.5) is 0 Å². The Hall–Kier alpha value is -0.240. The zero-order chi connectivity index (χ0) is 8.43. The van der Waals surface area contributed by atoms with Gasteiger partial charge in [0.25, 0.3) is 0 Å². The summed E-state index contributed by atoms with van der Waals surface area (Å²) in [6.07, 6.45) is 4.54. The quantitative estimate of drug-likeness (QED) is 0.671. The molecule has 1 aliphatic rings. The smallest absolute Gasteiger partial charge is 0.0447 e. The van der Waals surface area contributed by atoms with Crippen LogP contribution in [-0.4, -0.2) is 17.5 Å². The van der Waals surface area contributed by atoms with Gasteiger partial charge in [0, 0.05) is 18.3 Å². The second-order valence-corrected chi connectivity index (χ2v) is 3.22. The normalized spacial score (nSPS) is 22.7. The lowest BCUT2D eigenvalue weighted by atomic mass is 10.1. The molecule has 0 radical (unpaired) electrons. The highest BCUT2D eigenvalue weighted by molar-refractivity contribution is 8.93. The predicted molar refractivity (Wildman–Crippen MR) is 59.7 cm³/mol. The number of hydrogen-bond acceptors (Lipinski definition) is 1. The van der Waals surface area contributed by atoms with E-state index in [0.29, 0.717) is 6.04 Å². The minimum absolute atomic E-state index is 0. The summed E-state index contributed by atoms with van der Waals surface area (Å²) in [5.74, 6) is 0. The van der Waals surface area contributed by atoms with Crippen molar-refractivity contribution < 1.29 is 0 Å². The molecule has 0 bridgehead atoms. The zero-order valence-corrected chi connectivity index (χ0v) is 10.0. The molecule has 1 unspecified atom stereocenters. The average Bonchev–Trinajstić information content (AvgIpc) is 1.85. The molecule has 70 valence electrons. The second-order valence-electron chi connectivity index (χ2n) is 3.22. The first-order valence-electron chi connectivity index (χ1n) is 4.28. The Morgan fingerprint density at radius 2 is 2.00 bits per heavy atom. The molecule has 0 aromatic rings. The number of allylic oxidation sites excluding steroid dienone is 3. The van der Waals surface area contributed by atoms with Crippen molar-refractivity contribution in [3.05, 3.63) is 23.4 Å². The molecule has 0 aromatic heterocycles. The molecule has 0 saturated carbocycles. The molecule has 12 heavy (non-hydrogen) atoms. The van der Waals surface area contributed by atoms with Gasteiger partial charge in [0.15, 0.2) is 0 Å². The lowest BCUT2D eigenvalue weighted by molar-refractivity contribution is 0.318. The minimum Gasteiger partial charge on any atom is -0.369 e. The van der Waals surface area contributed by atoms with Crippen molar-refractivity contribution >= 4 is 17.0 Å². The molecule has 1 aliphatic heterocycles. The number of likely N-dealkylation sites (N-methyl/N-ethyl adjacent to an activating group) is 1. The van der Waals surface area contributed by atoms with Gasteiger partial charge in [-0.2, -0.15) is 0 Å². The largest absolute Gasteiger partial charge is 0.369 e. The minimum atomic E-state index is 0. The maximum Gasteiger partial charge on any atom is 0.0447 e. The van der Waals surface area contributed by atoms with E-state index in [-0.39, 0.29) is 17.0 Å². The third kappa shape index (κ3) is 2.37. The van der Waals surface area contributed by atoms with Crippen molar-refractivity contribution in [2.45, 2.75) is 33.7 Å². The van der Waals surface area contributed by atoms with Crippen LogP contribution in [0.2, 0.25) is 0 Å². The Morgan fingerprint density at radius 3 is 2.42 bits per heavy atom. The van der Waals surface area contributed by atoms with E-state index >= 15 is 0 Å². The summed E-state index contributed by atoms with van der Waals surface area (Å²) in [6.45, 7) is 9.88. The van der Waals surface area contributed by atoms with Crippen LogP contribution in [0.5, 0.6) is 0 Å². The zero-order valence-electron chi connectivity index (χ0n) is 8.29. The topological polar surface area (TPSA) is 3.24 Å². The molecule has 0 spiro atoms. The van der Waals surface area contributed by atoms with Crippen LogP contribution in [0, 0.1) is 0 Å². The molecular formula is C10H18BrN. The molecule has 1 heterocycles. The summed E-state index contributed by atoms with van der Waals surface area (Å²) < 4.78 is 0. The standard InChI is InChI=1S/C10H17N.BrH/c1-5-11-9(3)6-8(2)7-10(11)4;/h6-7,9H,5H2,1-4H3;1H. The third-order valence-electron chi connectivity index (χ3n) is 2.23. The molecule has 0 aliphatic carbocycles. The van der Waals surface area contributed by atoms with Gasteiger partial charge in [-0.1, -0.05) is 11.6 Å². The Morgan fingerprint density at radius 1 is 1.42 bits per heavy atom. The fourth-order valence-corrected chi connectivity index (χ4v) is 1.79. The van der Waals surface area contributed by atoms with Gasteiger partial charge in [0.1, 0.15) is 0 Å². The van der Waals surface area contributed by atoms with Gasteiger partial charge in [-0.05, 0) is 33.8 Å². The number of hydrogen-bond donors (Lipinski definition) is 0. The first kappa shape index (κ1) is 11.8. The fourth-order valence-electron chi connectivity index (χ4n) is 1.79. The van der Waals surface area contributed by atoms with E-state index in [9.17, 15) is 0 Å². The number of rotatable bonds is 1. The molecule has 0 amide bonds. The Kier molecular flexibility index (Phi) is 4.61. The van der Waals surface area contributed by atoms with Crippen molar-refractivity contribution in [3.63, 3.8) is 0 Å². The van der Waals surface area contributed by atoms with Gasteiger partial charge in [-0.15, -0.1) is 17.0 Å². The molecule has 0 N–H and O–H groups in total. The van der Waals surface area contributed by atoms with Crippen LogP contribution < -0.4 is 0 Å². The summed E-state index contributed by atoms with van der Waals surface area (Å²) in [7, 11) is 0. The lowest BCUT2D eigenvalue weighted by Crippen LogP contribution is -2.31. The fraction of sp³-hybridized carbons (Fsp3) is 0.600. The van der Waals surface area contributed by atoms with Gasteiger partial charge in [0.05, 0.1) is 0 Å². The van der Waals surface area contributed by atoms with Crippen molar-refractivity contribution in [2.24, 2.45) is 0 Å². The highest BCUT2D eigenvalue weighted by Gasteiger charge is 2.13. The Labute approximate surface area is 85.9 Å². The third-order valence-corrected chi connectivity index (χ3v) is 2.23. The number of nitrogens with zero attached hydrogens (tertiary/aromatic N) is 1. The average molecular weight is 232 g/mol. The predicted octanol–water partition coefficient (Wildman–Crippen LogP) is 3.14. The molecule has 0 aromatic carbocycles. The molecule has 1 atom stereocenters. The monoisotopic (exact) mass is 231 g/mol. The summed E-state index contributed by atoms with van der Waals surface area (Å²) >= 11 is 0. The van der Waals surface area contributed by atoms with Crippen molar-refractivity contribution in [3.8, 4) is 0 Å². The van der Waals surface area contributed by atoms with Crippen LogP contribution in [-0.2, 0) is 0 Å². The van der Waals surface area contributed by atoms with Crippen molar-refractivity contribution in [2.75, 3.05) is 6.54 Å². The van der Waals surface area contributed by atoms with E-state index in [1.807, 2.05) is 0 Å². The van der Waals surface area contributed by atoms with Gasteiger partial charge >= 0.3 is 0 Å². The summed E-state index contributed by atoms with van der Waals surface area (Å²) in [4.78, 5) is 2.40. The van der Waals surface area contributed by atoms with Crippen LogP contribution in [0.15, 0.2) is 23.4 Å². The first-order valence-corrected chi connectivity index (χ1v) is 4.28. The number of halogens is 1. The molecular weight excluding hydrogens is 214 g/mol. The maximum atomic E-state index is 2.40. The Bertz CT molecular complexity index is 206. The maximum absolute atomic E-state index is 2.40. The lowest BCUT2D eigenvalue weighted by Gasteiger charge is -2.32. The summed E-state index contributed by atoms with van der Waals surface area (Å²) in [5, 5.41) is 0. The highest BCUT2D eigenvalue weighted by atomic mass is 79.9. The summed E-state index contributed by atoms with van der Waals surface area (Å²) in [6, 6.07) is 0.574. The van der Waals surface area contributed by atoms with Crippen LogP contribution in [0.1, 0.15) is 27.7 Å². The van der Waals surface area contributed by atoms with Gasteiger partial charge < -0.3 is 4.90 Å². The van der Waals surface area contributed by atoms with Crippen LogP contribution >= 0.6 is 17.0 Å². The highest BCUT2D eigenvalue weighted by Crippen LogP contribution is 2.18. The van der Waals surface area contributed by atoms with Gasteiger partial charge in [-0.3, -0.25) is 0 Å². The second kappa shape index (κ2) is 4.70. The van der Waals surface area contributed by atoms with E-state index < -0.39 is 0 Å². The van der Waals surface area contributed by atoms with E-state index in [2.05, 4.69) is 44.7 Å². The van der Waals surface area contributed by atoms with E-state index in [4.69, 9.17) is 0 Å². The molecule has 0 fully saturated rings. The van der Waals surface area contributed by atoms with Gasteiger partial charge in [-0.25, -0.2) is 0 Å². The van der Waals surface area contributed by atoms with Gasteiger partial charge in [0.2, 0.25) is 0 Å². The van der Waals surface area contributed by atoms with Crippen molar-refractivity contribution in [1.29, 1.82) is 0 Å². The SMILES string of the molecule is Br.CCN1C(C)=CC(C)=CC1C. The van der Waals surface area contributed by atoms with Crippen LogP contribution in [0.25, 0.3) is 0 Å². The molecule has 2 heteroatoms. The van der Waals surface area contributed by atoms with E-state index in [1.54, 1.807) is 0 Å². The van der Waals surface area contributed by atoms with E-state index in [0.717, 1.165) is 6.54 Å². The molecule has 1 rings (SSSR count).